The minimum absolute atomic E-state index is 0.0625. The summed E-state index contributed by atoms with van der Waals surface area (Å²) in [4.78, 5) is 29.9. The average molecular weight is 388 g/mol. The van der Waals surface area contributed by atoms with Crippen LogP contribution in [0.4, 0.5) is 4.39 Å². The first-order valence-electron chi connectivity index (χ1n) is 10.5. The van der Waals surface area contributed by atoms with E-state index in [1.807, 2.05) is 9.80 Å². The van der Waals surface area contributed by atoms with Gasteiger partial charge in [0, 0.05) is 44.3 Å². The quantitative estimate of drug-likeness (QED) is 0.779. The maximum atomic E-state index is 13.3. The summed E-state index contributed by atoms with van der Waals surface area (Å²) in [6.07, 6.45) is 5.82. The summed E-state index contributed by atoms with van der Waals surface area (Å²) in [6.45, 7) is 2.78. The molecular weight excluding hydrogens is 359 g/mol. The molecule has 2 heterocycles. The molecule has 1 aromatic rings. The molecule has 3 fully saturated rings. The molecule has 0 spiro atoms. The maximum Gasteiger partial charge on any atom is 0.227 e. The van der Waals surface area contributed by atoms with Crippen LogP contribution in [-0.2, 0) is 20.7 Å². The van der Waals surface area contributed by atoms with E-state index < -0.39 is 0 Å². The van der Waals surface area contributed by atoms with Gasteiger partial charge < -0.3 is 14.5 Å². The van der Waals surface area contributed by atoms with Crippen molar-refractivity contribution >= 4 is 11.8 Å². The van der Waals surface area contributed by atoms with Gasteiger partial charge >= 0.3 is 0 Å². The number of piperidine rings is 1. The Balaban J connectivity index is 1.49. The molecule has 2 amide bonds. The lowest BCUT2D eigenvalue weighted by Crippen LogP contribution is -2.56. The fourth-order valence-corrected chi connectivity index (χ4v) is 4.51. The number of hydrogen-bond donors (Lipinski definition) is 0. The second-order valence-electron chi connectivity index (χ2n) is 8.30. The van der Waals surface area contributed by atoms with Gasteiger partial charge in [-0.15, -0.1) is 0 Å². The fraction of sp³-hybridized carbons (Fsp3) is 0.636. The summed E-state index contributed by atoms with van der Waals surface area (Å²) in [5.41, 5.74) is 0.824. The molecule has 2 saturated heterocycles. The Hall–Kier alpha value is -1.95. The summed E-state index contributed by atoms with van der Waals surface area (Å²) in [7, 11) is 0. The Bertz CT molecular complexity index is 698. The van der Waals surface area contributed by atoms with Crippen LogP contribution in [0.2, 0.25) is 0 Å². The van der Waals surface area contributed by atoms with Crippen LogP contribution >= 0.6 is 0 Å². The van der Waals surface area contributed by atoms with Crippen LogP contribution in [0.25, 0.3) is 0 Å². The van der Waals surface area contributed by atoms with E-state index in [-0.39, 0.29) is 42.1 Å². The van der Waals surface area contributed by atoms with Crippen molar-refractivity contribution in [2.75, 3.05) is 26.3 Å². The van der Waals surface area contributed by atoms with Gasteiger partial charge in [-0.05, 0) is 56.2 Å². The zero-order valence-electron chi connectivity index (χ0n) is 16.3. The molecule has 1 unspecified atom stereocenters. The number of benzene rings is 1. The van der Waals surface area contributed by atoms with Crippen molar-refractivity contribution in [2.24, 2.45) is 5.92 Å². The zero-order valence-corrected chi connectivity index (χ0v) is 16.3. The van der Waals surface area contributed by atoms with Gasteiger partial charge in [0.2, 0.25) is 11.8 Å². The second-order valence-corrected chi connectivity index (χ2v) is 8.30. The van der Waals surface area contributed by atoms with Crippen molar-refractivity contribution in [1.29, 1.82) is 0 Å². The molecular formula is C22H29FN2O3. The summed E-state index contributed by atoms with van der Waals surface area (Å²) in [6, 6.07) is 6.38. The highest BCUT2D eigenvalue weighted by molar-refractivity contribution is 5.82. The van der Waals surface area contributed by atoms with Gasteiger partial charge in [-0.3, -0.25) is 9.59 Å². The molecule has 5 nitrogen and oxygen atoms in total. The number of halogens is 1. The molecule has 1 aromatic carbocycles. The molecule has 28 heavy (non-hydrogen) atoms. The topological polar surface area (TPSA) is 49.9 Å². The summed E-state index contributed by atoms with van der Waals surface area (Å²) in [5, 5.41) is 0. The van der Waals surface area contributed by atoms with E-state index in [1.165, 1.54) is 12.1 Å². The Kier molecular flexibility index (Phi) is 5.95. The van der Waals surface area contributed by atoms with Crippen molar-refractivity contribution in [3.63, 3.8) is 0 Å². The van der Waals surface area contributed by atoms with E-state index in [0.29, 0.717) is 19.8 Å². The number of carbonyl (C=O) groups is 2. The van der Waals surface area contributed by atoms with Crippen LogP contribution < -0.4 is 0 Å². The van der Waals surface area contributed by atoms with Crippen LogP contribution in [0, 0.1) is 11.7 Å². The number of nitrogens with zero attached hydrogens (tertiary/aromatic N) is 2. The lowest BCUT2D eigenvalue weighted by Gasteiger charge is -2.44. The smallest absolute Gasteiger partial charge is 0.227 e. The van der Waals surface area contributed by atoms with Crippen molar-refractivity contribution in [3.8, 4) is 0 Å². The SMILES string of the molecule is O=C(C1CC1)N1CCCC(N(C(=O)Cc2ccc(F)cc2)C2CCOCC2)C1. The van der Waals surface area contributed by atoms with E-state index in [2.05, 4.69) is 0 Å². The van der Waals surface area contributed by atoms with Crippen molar-refractivity contribution in [1.82, 2.24) is 9.80 Å². The van der Waals surface area contributed by atoms with E-state index in [1.54, 1.807) is 12.1 Å². The third kappa shape index (κ3) is 4.54. The third-order valence-electron chi connectivity index (χ3n) is 6.17. The van der Waals surface area contributed by atoms with Crippen LogP contribution in [0.15, 0.2) is 24.3 Å². The van der Waals surface area contributed by atoms with E-state index in [4.69, 9.17) is 4.74 Å². The van der Waals surface area contributed by atoms with E-state index in [0.717, 1.165) is 50.6 Å². The predicted molar refractivity (Wildman–Crippen MR) is 103 cm³/mol. The van der Waals surface area contributed by atoms with Gasteiger partial charge in [0.15, 0.2) is 0 Å². The van der Waals surface area contributed by atoms with Crippen LogP contribution in [-0.4, -0.2) is 60.0 Å². The van der Waals surface area contributed by atoms with Gasteiger partial charge in [0.25, 0.3) is 0 Å². The van der Waals surface area contributed by atoms with E-state index >= 15 is 0 Å². The van der Waals surface area contributed by atoms with Crippen LogP contribution in [0.5, 0.6) is 0 Å². The second kappa shape index (κ2) is 8.60. The Morgan fingerprint density at radius 1 is 1.04 bits per heavy atom. The highest BCUT2D eigenvalue weighted by Crippen LogP contribution is 2.33. The molecule has 1 aliphatic carbocycles. The first-order chi connectivity index (χ1) is 13.6. The average Bonchev–Trinajstić information content (AvgIpc) is 3.56. The molecule has 6 heteroatoms. The van der Waals surface area contributed by atoms with Crippen molar-refractivity contribution in [3.05, 3.63) is 35.6 Å². The molecule has 1 saturated carbocycles. The monoisotopic (exact) mass is 388 g/mol. The molecule has 0 N–H and O–H groups in total. The molecule has 152 valence electrons. The molecule has 0 radical (unpaired) electrons. The third-order valence-corrected chi connectivity index (χ3v) is 6.17. The maximum absolute atomic E-state index is 13.3. The van der Waals surface area contributed by atoms with Crippen molar-refractivity contribution in [2.45, 2.75) is 57.0 Å². The Morgan fingerprint density at radius 3 is 2.43 bits per heavy atom. The first-order valence-corrected chi connectivity index (χ1v) is 10.5. The normalized spacial score (nSPS) is 23.5. The van der Waals surface area contributed by atoms with Gasteiger partial charge in [0.05, 0.1) is 6.42 Å². The lowest BCUT2D eigenvalue weighted by atomic mass is 9.97. The summed E-state index contributed by atoms with van der Waals surface area (Å²) in [5.74, 6) is 0.260. The molecule has 1 atom stereocenters. The Labute approximate surface area is 165 Å². The number of rotatable bonds is 5. The Morgan fingerprint density at radius 2 is 1.75 bits per heavy atom. The van der Waals surface area contributed by atoms with Crippen molar-refractivity contribution < 1.29 is 18.7 Å². The molecule has 4 rings (SSSR count). The minimum atomic E-state index is -0.293. The number of hydrogen-bond acceptors (Lipinski definition) is 3. The van der Waals surface area contributed by atoms with Gasteiger partial charge in [-0.1, -0.05) is 12.1 Å². The van der Waals surface area contributed by atoms with Crippen LogP contribution in [0.3, 0.4) is 0 Å². The highest BCUT2D eigenvalue weighted by atomic mass is 19.1. The number of carbonyl (C=O) groups excluding carboxylic acids is 2. The number of amides is 2. The molecule has 0 bridgehead atoms. The predicted octanol–water partition coefficient (Wildman–Crippen LogP) is 2.78. The largest absolute Gasteiger partial charge is 0.381 e. The summed E-state index contributed by atoms with van der Waals surface area (Å²) >= 11 is 0. The van der Waals surface area contributed by atoms with E-state index in [9.17, 15) is 14.0 Å². The molecule has 0 aromatic heterocycles. The molecule has 2 aliphatic heterocycles. The number of ether oxygens (including phenoxy) is 1. The fourth-order valence-electron chi connectivity index (χ4n) is 4.51. The molecule has 3 aliphatic rings. The standard InChI is InChI=1S/C22H29FN2O3/c23-18-7-3-16(4-8-18)14-21(26)25(19-9-12-28-13-10-19)20-2-1-11-24(15-20)22(27)17-5-6-17/h3-4,7-8,17,19-20H,1-2,5-6,9-15H2. The van der Waals surface area contributed by atoms with Gasteiger partial charge in [-0.25, -0.2) is 4.39 Å². The number of likely N-dealkylation sites (tertiary alicyclic amines) is 1. The minimum Gasteiger partial charge on any atom is -0.381 e. The zero-order chi connectivity index (χ0) is 19.5. The van der Waals surface area contributed by atoms with Gasteiger partial charge in [0.1, 0.15) is 5.82 Å². The highest BCUT2D eigenvalue weighted by Gasteiger charge is 2.39. The van der Waals surface area contributed by atoms with Crippen LogP contribution in [0.1, 0.15) is 44.1 Å². The first kappa shape index (κ1) is 19.4. The van der Waals surface area contributed by atoms with Gasteiger partial charge in [-0.2, -0.15) is 0 Å². The lowest BCUT2D eigenvalue weighted by molar-refractivity contribution is -0.144. The summed E-state index contributed by atoms with van der Waals surface area (Å²) < 4.78 is 18.7.